The van der Waals surface area contributed by atoms with Crippen molar-refractivity contribution >= 4 is 17.9 Å². The van der Waals surface area contributed by atoms with Crippen molar-refractivity contribution in [3.63, 3.8) is 0 Å². The second-order valence-corrected chi connectivity index (χ2v) is 21.0. The van der Waals surface area contributed by atoms with Crippen molar-refractivity contribution in [2.75, 3.05) is 13.2 Å². The zero-order valence-electron chi connectivity index (χ0n) is 46.6. The van der Waals surface area contributed by atoms with E-state index in [-0.39, 0.29) is 31.1 Å². The molecule has 6 heteroatoms. The highest BCUT2D eigenvalue weighted by atomic mass is 16.6. The number of hydrogen-bond donors (Lipinski definition) is 0. The van der Waals surface area contributed by atoms with E-state index in [1.165, 1.54) is 244 Å². The first-order valence-electron chi connectivity index (χ1n) is 30.8. The van der Waals surface area contributed by atoms with Gasteiger partial charge in [0.15, 0.2) is 6.10 Å². The Morgan fingerprint density at radius 1 is 0.275 bits per heavy atom. The Morgan fingerprint density at radius 3 is 0.725 bits per heavy atom. The highest BCUT2D eigenvalue weighted by Crippen LogP contribution is 2.17. The Kier molecular flexibility index (Phi) is 56.7. The lowest BCUT2D eigenvalue weighted by molar-refractivity contribution is -0.167. The first-order chi connectivity index (χ1) is 34.0. The van der Waals surface area contributed by atoms with E-state index in [0.29, 0.717) is 19.3 Å². The van der Waals surface area contributed by atoms with Crippen LogP contribution >= 0.6 is 0 Å². The van der Waals surface area contributed by atoms with Gasteiger partial charge in [0.05, 0.1) is 0 Å². The van der Waals surface area contributed by atoms with Crippen LogP contribution < -0.4 is 0 Å². The van der Waals surface area contributed by atoms with Crippen LogP contribution in [0.4, 0.5) is 0 Å². The van der Waals surface area contributed by atoms with E-state index in [1.54, 1.807) is 0 Å². The molecule has 406 valence electrons. The van der Waals surface area contributed by atoms with Gasteiger partial charge in [-0.3, -0.25) is 14.4 Å². The van der Waals surface area contributed by atoms with Gasteiger partial charge in [0.2, 0.25) is 0 Å². The second kappa shape index (κ2) is 58.5. The van der Waals surface area contributed by atoms with Crippen LogP contribution in [0, 0.1) is 0 Å². The molecule has 0 amide bonds. The van der Waals surface area contributed by atoms with Gasteiger partial charge < -0.3 is 14.2 Å². The third kappa shape index (κ3) is 56.7. The molecule has 0 aliphatic carbocycles. The lowest BCUT2D eigenvalue weighted by Crippen LogP contribution is -2.30. The summed E-state index contributed by atoms with van der Waals surface area (Å²) in [5, 5.41) is 0. The Morgan fingerprint density at radius 2 is 0.478 bits per heavy atom. The number of ether oxygens (including phenoxy) is 3. The summed E-state index contributed by atoms with van der Waals surface area (Å²) in [6.45, 7) is 6.62. The summed E-state index contributed by atoms with van der Waals surface area (Å²) < 4.78 is 16.8. The fraction of sp³-hybridized carbons (Fsp3) is 0.889. The summed E-state index contributed by atoms with van der Waals surface area (Å²) in [6.07, 6.45) is 69.4. The van der Waals surface area contributed by atoms with Crippen molar-refractivity contribution in [2.45, 2.75) is 348 Å². The molecule has 0 N–H and O–H groups in total. The third-order valence-electron chi connectivity index (χ3n) is 13.9. The smallest absolute Gasteiger partial charge is 0.306 e. The molecule has 0 fully saturated rings. The molecule has 0 spiro atoms. The Bertz CT molecular complexity index is 1110. The van der Waals surface area contributed by atoms with Crippen LogP contribution in [0.3, 0.4) is 0 Å². The van der Waals surface area contributed by atoms with Gasteiger partial charge in [0, 0.05) is 19.3 Å². The van der Waals surface area contributed by atoms with Gasteiger partial charge in [0.25, 0.3) is 0 Å². The Hall–Kier alpha value is -2.11. The topological polar surface area (TPSA) is 78.9 Å². The van der Waals surface area contributed by atoms with Crippen molar-refractivity contribution in [3.8, 4) is 0 Å². The zero-order chi connectivity index (χ0) is 50.0. The van der Waals surface area contributed by atoms with Gasteiger partial charge in [-0.25, -0.2) is 0 Å². The SMILES string of the molecule is CCCCCCCCC/C=C\CCCCCCCCCC(=O)OC(COC(=O)CCCCCCCC)COC(=O)CCCCCCCCCCCCCCCCC/C=C\CCCCCCCCCC. The van der Waals surface area contributed by atoms with Crippen LogP contribution in [0.15, 0.2) is 24.3 Å². The highest BCUT2D eigenvalue weighted by Gasteiger charge is 2.19. The summed E-state index contributed by atoms with van der Waals surface area (Å²) in [5.41, 5.74) is 0. The molecule has 0 rings (SSSR count). The summed E-state index contributed by atoms with van der Waals surface area (Å²) in [7, 11) is 0. The number of hydrogen-bond acceptors (Lipinski definition) is 6. The molecule has 1 unspecified atom stereocenters. The molecule has 0 aromatic heterocycles. The van der Waals surface area contributed by atoms with Crippen LogP contribution in [0.5, 0.6) is 0 Å². The van der Waals surface area contributed by atoms with Crippen LogP contribution in [0.2, 0.25) is 0 Å². The lowest BCUT2D eigenvalue weighted by atomic mass is 10.0. The highest BCUT2D eigenvalue weighted by molar-refractivity contribution is 5.71. The zero-order valence-corrected chi connectivity index (χ0v) is 46.6. The minimum absolute atomic E-state index is 0.0689. The lowest BCUT2D eigenvalue weighted by Gasteiger charge is -2.18. The van der Waals surface area contributed by atoms with E-state index in [0.717, 1.165) is 57.8 Å². The van der Waals surface area contributed by atoms with Crippen molar-refractivity contribution in [1.82, 2.24) is 0 Å². The predicted octanol–water partition coefficient (Wildman–Crippen LogP) is 20.7. The second-order valence-electron chi connectivity index (χ2n) is 21.0. The van der Waals surface area contributed by atoms with Crippen LogP contribution in [-0.4, -0.2) is 37.2 Å². The normalized spacial score (nSPS) is 12.1. The fourth-order valence-electron chi connectivity index (χ4n) is 9.26. The van der Waals surface area contributed by atoms with Crippen LogP contribution in [0.1, 0.15) is 342 Å². The molecule has 69 heavy (non-hydrogen) atoms. The molecule has 0 saturated carbocycles. The number of unbranched alkanes of at least 4 members (excludes halogenated alkanes) is 42. The van der Waals surface area contributed by atoms with Gasteiger partial charge in [0.1, 0.15) is 13.2 Å². The Balaban J connectivity index is 4.03. The van der Waals surface area contributed by atoms with Gasteiger partial charge in [-0.05, 0) is 70.6 Å². The molecule has 0 aliphatic heterocycles. The maximum atomic E-state index is 12.8. The largest absolute Gasteiger partial charge is 0.462 e. The summed E-state index contributed by atoms with van der Waals surface area (Å²) >= 11 is 0. The number of rotatable bonds is 57. The molecular formula is C63H118O6. The van der Waals surface area contributed by atoms with E-state index in [2.05, 4.69) is 45.1 Å². The fourth-order valence-corrected chi connectivity index (χ4v) is 9.26. The van der Waals surface area contributed by atoms with Crippen molar-refractivity contribution < 1.29 is 28.6 Å². The monoisotopic (exact) mass is 971 g/mol. The first-order valence-corrected chi connectivity index (χ1v) is 30.8. The summed E-state index contributed by atoms with van der Waals surface area (Å²) in [4.78, 5) is 37.9. The van der Waals surface area contributed by atoms with Crippen LogP contribution in [-0.2, 0) is 28.6 Å². The summed E-state index contributed by atoms with van der Waals surface area (Å²) in [6, 6.07) is 0. The van der Waals surface area contributed by atoms with E-state index < -0.39 is 6.10 Å². The molecule has 0 aromatic rings. The predicted molar refractivity (Wildman–Crippen MR) is 298 cm³/mol. The molecule has 0 aromatic carbocycles. The molecule has 0 radical (unpaired) electrons. The number of allylic oxidation sites excluding steroid dienone is 4. The standard InChI is InChI=1S/C63H118O6/c1-4-7-10-13-16-18-20-22-24-26-28-29-30-31-32-33-34-35-36-38-39-41-43-45-47-50-53-56-62(65)68-59-60(58-67-61(64)55-52-49-15-12-9-6-3)69-63(66)57-54-51-48-46-44-42-40-37-27-25-23-21-19-17-14-11-8-5-2/h25-28,60H,4-24,29-59H2,1-3H3/b27-25-,28-26-. The molecule has 0 heterocycles. The maximum Gasteiger partial charge on any atom is 0.306 e. The number of carbonyl (C=O) groups is 3. The number of esters is 3. The van der Waals surface area contributed by atoms with Crippen molar-refractivity contribution in [3.05, 3.63) is 24.3 Å². The number of carbonyl (C=O) groups excluding carboxylic acids is 3. The van der Waals surface area contributed by atoms with E-state index in [9.17, 15) is 14.4 Å². The average molecular weight is 972 g/mol. The molecule has 0 aliphatic rings. The molecule has 1 atom stereocenters. The average Bonchev–Trinajstić information content (AvgIpc) is 3.35. The van der Waals surface area contributed by atoms with Gasteiger partial charge in [-0.1, -0.05) is 276 Å². The van der Waals surface area contributed by atoms with Gasteiger partial charge >= 0.3 is 17.9 Å². The minimum atomic E-state index is -0.767. The minimum Gasteiger partial charge on any atom is -0.462 e. The molecule has 6 nitrogen and oxygen atoms in total. The maximum absolute atomic E-state index is 12.8. The third-order valence-corrected chi connectivity index (χ3v) is 13.9. The first kappa shape index (κ1) is 66.9. The van der Waals surface area contributed by atoms with Gasteiger partial charge in [-0.15, -0.1) is 0 Å². The molecule has 0 saturated heterocycles. The summed E-state index contributed by atoms with van der Waals surface area (Å²) in [5.74, 6) is -0.864. The van der Waals surface area contributed by atoms with Gasteiger partial charge in [-0.2, -0.15) is 0 Å². The van der Waals surface area contributed by atoms with E-state index >= 15 is 0 Å². The Labute approximate surface area is 430 Å². The van der Waals surface area contributed by atoms with Crippen molar-refractivity contribution in [1.29, 1.82) is 0 Å². The molecule has 0 bridgehead atoms. The quantitative estimate of drug-likeness (QED) is 0.0261. The molecular weight excluding hydrogens is 853 g/mol. The van der Waals surface area contributed by atoms with E-state index in [1.807, 2.05) is 0 Å². The van der Waals surface area contributed by atoms with Crippen LogP contribution in [0.25, 0.3) is 0 Å². The van der Waals surface area contributed by atoms with Crippen molar-refractivity contribution in [2.24, 2.45) is 0 Å². The van der Waals surface area contributed by atoms with E-state index in [4.69, 9.17) is 14.2 Å².